The third kappa shape index (κ3) is 3.14. The van der Waals surface area contributed by atoms with Crippen molar-refractivity contribution in [1.29, 1.82) is 0 Å². The van der Waals surface area contributed by atoms with E-state index in [2.05, 4.69) is 17.4 Å². The lowest BCUT2D eigenvalue weighted by Crippen LogP contribution is -2.12. The van der Waals surface area contributed by atoms with E-state index in [-0.39, 0.29) is 6.61 Å². The van der Waals surface area contributed by atoms with Gasteiger partial charge in [-0.2, -0.15) is 0 Å². The van der Waals surface area contributed by atoms with E-state index in [0.717, 1.165) is 0 Å². The largest absolute Gasteiger partial charge is 0.407 e. The number of carbonyl (C=O) groups is 1. The van der Waals surface area contributed by atoms with Crippen LogP contribution in [0.5, 0.6) is 0 Å². The Morgan fingerprint density at radius 2 is 2.50 bits per heavy atom. The van der Waals surface area contributed by atoms with E-state index in [1.54, 1.807) is 0 Å². The van der Waals surface area contributed by atoms with Crippen LogP contribution in [0.15, 0.2) is 0 Å². The Morgan fingerprint density at radius 3 is 2.50 bits per heavy atom. The lowest BCUT2D eigenvalue weighted by atomic mass is 10.9. The van der Waals surface area contributed by atoms with Crippen LogP contribution in [-0.2, 0) is 4.74 Å². The number of rotatable bonds is 1. The molecule has 0 aromatic rings. The van der Waals surface area contributed by atoms with E-state index >= 15 is 0 Å². The summed E-state index contributed by atoms with van der Waals surface area (Å²) in [6, 6.07) is 0. The zero-order valence-electron chi connectivity index (χ0n) is 3.31. The predicted octanol–water partition coefficient (Wildman–Crippen LogP) is -0.0842. The minimum absolute atomic E-state index is 0.106. The second-order valence-corrected chi connectivity index (χ2v) is 0.667. The Bertz CT molecular complexity index is 52.8. The Labute approximate surface area is 36.1 Å². The molecule has 0 heterocycles. The van der Waals surface area contributed by atoms with E-state index in [1.807, 2.05) is 0 Å². The van der Waals surface area contributed by atoms with Crippen molar-refractivity contribution in [1.82, 2.24) is 0 Å². The molecule has 0 aliphatic carbocycles. The lowest BCUT2D eigenvalue weighted by Gasteiger charge is -1.84. The minimum atomic E-state index is -0.773. The van der Waals surface area contributed by atoms with Crippen molar-refractivity contribution in [3.05, 3.63) is 6.92 Å². The summed E-state index contributed by atoms with van der Waals surface area (Å²) in [4.78, 5) is 9.56. The Balaban J connectivity index is 2.83. The van der Waals surface area contributed by atoms with Gasteiger partial charge in [-0.3, -0.25) is 0 Å². The molecule has 0 aromatic heterocycles. The van der Waals surface area contributed by atoms with Crippen molar-refractivity contribution in [3.63, 3.8) is 0 Å². The van der Waals surface area contributed by atoms with Gasteiger partial charge in [0.25, 0.3) is 0 Å². The van der Waals surface area contributed by atoms with Gasteiger partial charge in [0.1, 0.15) is 6.92 Å². The molecule has 0 fully saturated rings. The highest BCUT2D eigenvalue weighted by Crippen LogP contribution is 1.65. The molecule has 0 rings (SSSR count). The first-order valence-electron chi connectivity index (χ1n) is 1.49. The van der Waals surface area contributed by atoms with Gasteiger partial charge < -0.3 is 10.5 Å². The van der Waals surface area contributed by atoms with Crippen LogP contribution >= 0.6 is 0 Å². The molecule has 0 saturated carbocycles. The average Bonchev–Trinajstić information content (AvgIpc) is 1.35. The predicted molar refractivity (Wildman–Crippen MR) is 20.9 cm³/mol. The average molecular weight is 88.1 g/mol. The van der Waals surface area contributed by atoms with Gasteiger partial charge in [0.2, 0.25) is 6.61 Å². The first-order chi connectivity index (χ1) is 2.77. The molecule has 0 aliphatic rings. The summed E-state index contributed by atoms with van der Waals surface area (Å²) in [6.45, 7) is 3.31. The highest BCUT2D eigenvalue weighted by molar-refractivity contribution is 5.64. The first kappa shape index (κ1) is 5.14. The third-order valence-electron chi connectivity index (χ3n) is 0.244. The third-order valence-corrected chi connectivity index (χ3v) is 0.244. The van der Waals surface area contributed by atoms with Gasteiger partial charge in [0, 0.05) is 0 Å². The van der Waals surface area contributed by atoms with Gasteiger partial charge >= 0.3 is 6.09 Å². The topological polar surface area (TPSA) is 52.3 Å². The fraction of sp³-hybridized carbons (Fsp3) is 0.333. The van der Waals surface area contributed by atoms with Crippen molar-refractivity contribution < 1.29 is 9.53 Å². The number of nitrogens with two attached hydrogens (primary N) is 1. The van der Waals surface area contributed by atoms with Crippen LogP contribution in [0.3, 0.4) is 0 Å². The van der Waals surface area contributed by atoms with Crippen molar-refractivity contribution in [2.24, 2.45) is 5.73 Å². The fourth-order valence-corrected chi connectivity index (χ4v) is 0.101. The van der Waals surface area contributed by atoms with Gasteiger partial charge in [-0.1, -0.05) is 0 Å². The van der Waals surface area contributed by atoms with Crippen LogP contribution in [-0.4, -0.2) is 12.7 Å². The van der Waals surface area contributed by atoms with Crippen LogP contribution in [0.25, 0.3) is 0 Å². The SMILES string of the molecule is [CH2+]COC(N)=O. The molecule has 3 nitrogen and oxygen atoms in total. The molecular formula is C3H6NO2+. The maximum atomic E-state index is 9.56. The summed E-state index contributed by atoms with van der Waals surface area (Å²) in [5.74, 6) is 0. The monoisotopic (exact) mass is 88.0 g/mol. The minimum Gasteiger partial charge on any atom is -0.407 e. The first-order valence-corrected chi connectivity index (χ1v) is 1.49. The molecule has 1 amide bonds. The maximum absolute atomic E-state index is 9.56. The van der Waals surface area contributed by atoms with Crippen LogP contribution in [0.2, 0.25) is 0 Å². The quantitative estimate of drug-likeness (QED) is 0.455. The second kappa shape index (κ2) is 2.38. The van der Waals surface area contributed by atoms with E-state index in [0.29, 0.717) is 0 Å². The summed E-state index contributed by atoms with van der Waals surface area (Å²) in [7, 11) is 0. The van der Waals surface area contributed by atoms with E-state index in [4.69, 9.17) is 0 Å². The summed E-state index contributed by atoms with van der Waals surface area (Å²) in [5.41, 5.74) is 4.50. The van der Waals surface area contributed by atoms with Gasteiger partial charge in [-0.25, -0.2) is 4.79 Å². The van der Waals surface area contributed by atoms with E-state index < -0.39 is 6.09 Å². The molecule has 0 bridgehead atoms. The molecule has 6 heavy (non-hydrogen) atoms. The highest BCUT2D eigenvalue weighted by atomic mass is 16.5. The maximum Gasteiger partial charge on any atom is 0.407 e. The van der Waals surface area contributed by atoms with E-state index in [1.165, 1.54) is 0 Å². The second-order valence-electron chi connectivity index (χ2n) is 0.667. The van der Waals surface area contributed by atoms with Gasteiger partial charge in [0.05, 0.1) is 0 Å². The van der Waals surface area contributed by atoms with Crippen LogP contribution < -0.4 is 5.73 Å². The normalized spacial score (nSPS) is 7.33. The Kier molecular flexibility index (Phi) is 2.04. The molecule has 2 N–H and O–H groups in total. The molecular weight excluding hydrogens is 82.0 g/mol. The van der Waals surface area contributed by atoms with Gasteiger partial charge in [-0.05, 0) is 0 Å². The number of carbonyl (C=O) groups excluding carboxylic acids is 1. The molecule has 0 aliphatic heterocycles. The van der Waals surface area contributed by atoms with Gasteiger partial charge in [0.15, 0.2) is 0 Å². The molecule has 0 atom stereocenters. The molecule has 0 spiro atoms. The zero-order valence-corrected chi connectivity index (χ0v) is 3.31. The van der Waals surface area contributed by atoms with Crippen molar-refractivity contribution in [2.75, 3.05) is 6.61 Å². The fourth-order valence-electron chi connectivity index (χ4n) is 0.101. The molecule has 0 unspecified atom stereocenters. The van der Waals surface area contributed by atoms with Crippen molar-refractivity contribution >= 4 is 6.09 Å². The summed E-state index contributed by atoms with van der Waals surface area (Å²) < 4.78 is 4.07. The van der Waals surface area contributed by atoms with Gasteiger partial charge in [-0.15, -0.1) is 0 Å². The lowest BCUT2D eigenvalue weighted by molar-refractivity contribution is 0.168. The number of amides is 1. The smallest absolute Gasteiger partial charge is 0.407 e. The van der Waals surface area contributed by atoms with E-state index in [9.17, 15) is 4.79 Å². The van der Waals surface area contributed by atoms with Crippen LogP contribution in [0.1, 0.15) is 0 Å². The molecule has 0 saturated heterocycles. The molecule has 34 valence electrons. The highest BCUT2D eigenvalue weighted by Gasteiger charge is 1.86. The van der Waals surface area contributed by atoms with Crippen LogP contribution in [0, 0.1) is 6.92 Å². The Morgan fingerprint density at radius 1 is 2.00 bits per heavy atom. The van der Waals surface area contributed by atoms with Crippen LogP contribution in [0.4, 0.5) is 4.79 Å². The summed E-state index contributed by atoms with van der Waals surface area (Å²) >= 11 is 0. The standard InChI is InChI=1S/C3H5NO2/c1-2-6-3(4)5/h1-2H2,(H-,4,5)/p+1. The molecule has 0 aromatic carbocycles. The zero-order chi connectivity index (χ0) is 4.99. The summed E-state index contributed by atoms with van der Waals surface area (Å²) in [6.07, 6.45) is -0.773. The van der Waals surface area contributed by atoms with Crippen molar-refractivity contribution in [3.8, 4) is 0 Å². The Hall–Kier alpha value is -0.860. The summed E-state index contributed by atoms with van der Waals surface area (Å²) in [5, 5.41) is 0. The number of ether oxygens (including phenoxy) is 1. The number of hydrogen-bond acceptors (Lipinski definition) is 2. The molecule has 0 radical (unpaired) electrons. The number of primary amides is 1. The number of hydrogen-bond donors (Lipinski definition) is 1. The molecule has 3 heteroatoms. The van der Waals surface area contributed by atoms with Crippen molar-refractivity contribution in [2.45, 2.75) is 0 Å².